The molecule has 1 aromatic carbocycles. The molecular formula is C13H12F3NOS. The Labute approximate surface area is 113 Å². The summed E-state index contributed by atoms with van der Waals surface area (Å²) in [5.74, 6) is 5.39. The molecule has 0 heterocycles. The fourth-order valence-corrected chi connectivity index (χ4v) is 1.61. The van der Waals surface area contributed by atoms with Gasteiger partial charge in [-0.3, -0.25) is 4.79 Å². The molecule has 0 aliphatic rings. The quantitative estimate of drug-likeness (QED) is 0.866. The highest BCUT2D eigenvalue weighted by molar-refractivity contribution is 7.99. The van der Waals surface area contributed by atoms with Crippen molar-refractivity contribution in [3.8, 4) is 11.8 Å². The molecule has 1 amide bonds. The van der Waals surface area contributed by atoms with Gasteiger partial charge in [-0.2, -0.15) is 24.9 Å². The van der Waals surface area contributed by atoms with Gasteiger partial charge in [0.15, 0.2) is 0 Å². The number of halogens is 3. The van der Waals surface area contributed by atoms with Gasteiger partial charge in [-0.25, -0.2) is 0 Å². The number of hydrogen-bond donors (Lipinski definition) is 1. The minimum atomic E-state index is -4.37. The highest BCUT2D eigenvalue weighted by atomic mass is 32.2. The molecule has 19 heavy (non-hydrogen) atoms. The van der Waals surface area contributed by atoms with Crippen LogP contribution in [0.1, 0.15) is 11.1 Å². The molecule has 2 nitrogen and oxygen atoms in total. The number of rotatable bonds is 3. The van der Waals surface area contributed by atoms with Crippen molar-refractivity contribution in [3.63, 3.8) is 0 Å². The summed E-state index contributed by atoms with van der Waals surface area (Å²) in [5.41, 5.74) is -0.459. The van der Waals surface area contributed by atoms with Gasteiger partial charge in [0, 0.05) is 5.56 Å². The summed E-state index contributed by atoms with van der Waals surface area (Å²) >= 11 is 1.38. The van der Waals surface area contributed by atoms with Gasteiger partial charge < -0.3 is 5.32 Å². The van der Waals surface area contributed by atoms with Crippen molar-refractivity contribution in [3.05, 3.63) is 35.4 Å². The summed E-state index contributed by atoms with van der Waals surface area (Å²) in [7, 11) is 0. The zero-order valence-corrected chi connectivity index (χ0v) is 11.0. The predicted octanol–water partition coefficient (Wildman–Crippen LogP) is 2.54. The largest absolute Gasteiger partial charge is 0.416 e. The minimum Gasteiger partial charge on any atom is -0.344 e. The molecule has 0 bridgehead atoms. The van der Waals surface area contributed by atoms with Crippen LogP contribution in [0, 0.1) is 11.8 Å². The molecule has 0 fully saturated rings. The first-order valence-corrected chi connectivity index (χ1v) is 6.74. The molecule has 0 aromatic heterocycles. The van der Waals surface area contributed by atoms with Crippen LogP contribution in [-0.2, 0) is 11.0 Å². The normalized spacial score (nSPS) is 10.5. The number of alkyl halides is 3. The Hall–Kier alpha value is -1.61. The van der Waals surface area contributed by atoms with Crippen molar-refractivity contribution in [2.75, 3.05) is 18.6 Å². The van der Waals surface area contributed by atoms with Crippen molar-refractivity contribution in [2.45, 2.75) is 6.18 Å². The van der Waals surface area contributed by atoms with Crippen LogP contribution < -0.4 is 5.32 Å². The lowest BCUT2D eigenvalue weighted by Crippen LogP contribution is -2.25. The van der Waals surface area contributed by atoms with Crippen LogP contribution in [0.15, 0.2) is 24.3 Å². The Kier molecular flexibility index (Phi) is 5.77. The molecule has 0 aliphatic carbocycles. The Morgan fingerprint density at radius 3 is 2.79 bits per heavy atom. The van der Waals surface area contributed by atoms with E-state index < -0.39 is 11.7 Å². The van der Waals surface area contributed by atoms with Gasteiger partial charge in [0.2, 0.25) is 5.91 Å². The van der Waals surface area contributed by atoms with Gasteiger partial charge in [-0.15, -0.1) is 0 Å². The first-order chi connectivity index (χ1) is 8.93. The number of carbonyl (C=O) groups excluding carboxylic acids is 1. The van der Waals surface area contributed by atoms with E-state index in [2.05, 4.69) is 17.2 Å². The molecule has 0 unspecified atom stereocenters. The third-order valence-corrected chi connectivity index (χ3v) is 2.62. The Morgan fingerprint density at radius 1 is 1.42 bits per heavy atom. The van der Waals surface area contributed by atoms with Gasteiger partial charge in [-0.05, 0) is 24.5 Å². The van der Waals surface area contributed by atoms with Crippen LogP contribution in [0.25, 0.3) is 0 Å². The maximum absolute atomic E-state index is 12.4. The van der Waals surface area contributed by atoms with Crippen LogP contribution in [0.3, 0.4) is 0 Å². The summed E-state index contributed by atoms with van der Waals surface area (Å²) in [5, 5.41) is 2.54. The average molecular weight is 287 g/mol. The van der Waals surface area contributed by atoms with Crippen LogP contribution in [-0.4, -0.2) is 24.5 Å². The van der Waals surface area contributed by atoms with Crippen molar-refractivity contribution >= 4 is 17.7 Å². The topological polar surface area (TPSA) is 29.1 Å². The number of amides is 1. The summed E-state index contributed by atoms with van der Waals surface area (Å²) in [6, 6.07) is 4.77. The number of thioether (sulfide) groups is 1. The van der Waals surface area contributed by atoms with Gasteiger partial charge in [0.05, 0.1) is 17.9 Å². The van der Waals surface area contributed by atoms with Crippen molar-refractivity contribution < 1.29 is 18.0 Å². The average Bonchev–Trinajstić information content (AvgIpc) is 2.34. The molecule has 102 valence electrons. The number of carbonyl (C=O) groups is 1. The lowest BCUT2D eigenvalue weighted by molar-refractivity contribution is -0.137. The SMILES string of the molecule is CSCC(=O)NCC#Cc1cccc(C(F)(F)F)c1. The van der Waals surface area contributed by atoms with Gasteiger partial charge in [0.25, 0.3) is 0 Å². The lowest BCUT2D eigenvalue weighted by Gasteiger charge is -2.05. The van der Waals surface area contributed by atoms with Crippen LogP contribution in [0.4, 0.5) is 13.2 Å². The van der Waals surface area contributed by atoms with E-state index >= 15 is 0 Å². The van der Waals surface area contributed by atoms with E-state index in [1.165, 1.54) is 23.9 Å². The van der Waals surface area contributed by atoms with E-state index in [1.54, 1.807) is 6.26 Å². The lowest BCUT2D eigenvalue weighted by atomic mass is 10.1. The maximum atomic E-state index is 12.4. The molecule has 0 aliphatic heterocycles. The van der Waals surface area contributed by atoms with Crippen molar-refractivity contribution in [2.24, 2.45) is 0 Å². The van der Waals surface area contributed by atoms with E-state index in [0.717, 1.165) is 12.1 Å². The molecule has 1 N–H and O–H groups in total. The molecule has 1 aromatic rings. The number of hydrogen-bond acceptors (Lipinski definition) is 2. The fraction of sp³-hybridized carbons (Fsp3) is 0.308. The van der Waals surface area contributed by atoms with E-state index in [-0.39, 0.29) is 18.0 Å². The molecule has 6 heteroatoms. The second-order valence-corrected chi connectivity index (χ2v) is 4.46. The summed E-state index contributed by atoms with van der Waals surface area (Å²) in [4.78, 5) is 11.1. The molecule has 1 rings (SSSR count). The summed E-state index contributed by atoms with van der Waals surface area (Å²) in [6.07, 6.45) is -2.57. The molecular weight excluding hydrogens is 275 g/mol. The molecule has 0 saturated heterocycles. The standard InChI is InChI=1S/C13H12F3NOS/c1-19-9-12(18)17-7-3-5-10-4-2-6-11(8-10)13(14,15)16/h2,4,6,8H,7,9H2,1H3,(H,17,18). The van der Waals surface area contributed by atoms with Crippen LogP contribution in [0.5, 0.6) is 0 Å². The van der Waals surface area contributed by atoms with Crippen LogP contribution >= 0.6 is 11.8 Å². The molecule has 0 saturated carbocycles. The molecule has 0 radical (unpaired) electrons. The Morgan fingerprint density at radius 2 is 2.16 bits per heavy atom. The summed E-state index contributed by atoms with van der Waals surface area (Å²) in [6.45, 7) is 0.121. The van der Waals surface area contributed by atoms with Crippen molar-refractivity contribution in [1.29, 1.82) is 0 Å². The monoisotopic (exact) mass is 287 g/mol. The number of nitrogens with one attached hydrogen (secondary N) is 1. The van der Waals surface area contributed by atoms with Crippen LogP contribution in [0.2, 0.25) is 0 Å². The molecule has 0 atom stereocenters. The fourth-order valence-electron chi connectivity index (χ4n) is 1.24. The second kappa shape index (κ2) is 7.10. The van der Waals surface area contributed by atoms with Gasteiger partial charge in [0.1, 0.15) is 0 Å². The van der Waals surface area contributed by atoms with Gasteiger partial charge in [-0.1, -0.05) is 17.9 Å². The summed E-state index contributed by atoms with van der Waals surface area (Å²) < 4.78 is 37.3. The van der Waals surface area contributed by atoms with E-state index in [4.69, 9.17) is 0 Å². The maximum Gasteiger partial charge on any atom is 0.416 e. The van der Waals surface area contributed by atoms with Gasteiger partial charge >= 0.3 is 6.18 Å². The first-order valence-electron chi connectivity index (χ1n) is 5.35. The highest BCUT2D eigenvalue weighted by Crippen LogP contribution is 2.29. The smallest absolute Gasteiger partial charge is 0.344 e. The Balaban J connectivity index is 2.61. The zero-order valence-electron chi connectivity index (χ0n) is 10.2. The first kappa shape index (κ1) is 15.4. The van der Waals surface area contributed by atoms with Crippen molar-refractivity contribution in [1.82, 2.24) is 5.32 Å². The number of benzene rings is 1. The zero-order chi connectivity index (χ0) is 14.3. The highest BCUT2D eigenvalue weighted by Gasteiger charge is 2.30. The third-order valence-electron chi connectivity index (χ3n) is 2.07. The van der Waals surface area contributed by atoms with E-state index in [0.29, 0.717) is 5.75 Å². The third kappa shape index (κ3) is 5.71. The Bertz CT molecular complexity index is 503. The minimum absolute atomic E-state index is 0.121. The predicted molar refractivity (Wildman–Crippen MR) is 69.7 cm³/mol. The second-order valence-electron chi connectivity index (χ2n) is 3.59. The van der Waals surface area contributed by atoms with E-state index in [9.17, 15) is 18.0 Å². The van der Waals surface area contributed by atoms with E-state index in [1.807, 2.05) is 0 Å². The molecule has 0 spiro atoms.